The summed E-state index contributed by atoms with van der Waals surface area (Å²) in [5.41, 5.74) is 3.35. The average molecular weight is 247 g/mol. The van der Waals surface area contributed by atoms with E-state index in [9.17, 15) is 0 Å². The van der Waals surface area contributed by atoms with Crippen LogP contribution in [0.4, 0.5) is 0 Å². The maximum absolute atomic E-state index is 6.29. The van der Waals surface area contributed by atoms with E-state index in [1.165, 1.54) is 5.56 Å². The molecule has 0 radical (unpaired) electrons. The van der Waals surface area contributed by atoms with Crippen molar-refractivity contribution in [1.82, 2.24) is 10.3 Å². The maximum atomic E-state index is 6.29. The Morgan fingerprint density at radius 1 is 1.29 bits per heavy atom. The summed E-state index contributed by atoms with van der Waals surface area (Å²) < 4.78 is 0. The number of pyridine rings is 1. The third kappa shape index (κ3) is 2.65. The molecule has 2 rings (SSSR count). The van der Waals surface area contributed by atoms with Crippen molar-refractivity contribution in [1.29, 1.82) is 0 Å². The summed E-state index contributed by atoms with van der Waals surface area (Å²) >= 11 is 6.29. The summed E-state index contributed by atoms with van der Waals surface area (Å²) in [6.45, 7) is 2.04. The quantitative estimate of drug-likeness (QED) is 0.899. The molecule has 3 heteroatoms. The lowest BCUT2D eigenvalue weighted by Crippen LogP contribution is -2.18. The highest BCUT2D eigenvalue weighted by molar-refractivity contribution is 6.31. The zero-order valence-electron chi connectivity index (χ0n) is 9.94. The SMILES string of the molecule is CNC(c1cccnc1)c1ccc(C)cc1Cl. The normalized spacial score (nSPS) is 12.4. The number of rotatable bonds is 3. The maximum Gasteiger partial charge on any atom is 0.0604 e. The molecule has 1 heterocycles. The molecule has 0 aliphatic carbocycles. The first-order valence-electron chi connectivity index (χ1n) is 5.55. The van der Waals surface area contributed by atoms with Gasteiger partial charge in [-0.2, -0.15) is 0 Å². The van der Waals surface area contributed by atoms with Crippen LogP contribution in [0.25, 0.3) is 0 Å². The second-order valence-corrected chi connectivity index (χ2v) is 4.44. The van der Waals surface area contributed by atoms with E-state index in [0.29, 0.717) is 0 Å². The molecule has 0 saturated carbocycles. The van der Waals surface area contributed by atoms with E-state index in [2.05, 4.69) is 22.4 Å². The number of aryl methyl sites for hydroxylation is 1. The average Bonchev–Trinajstić information content (AvgIpc) is 2.34. The molecule has 0 spiro atoms. The van der Waals surface area contributed by atoms with Crippen molar-refractivity contribution in [2.75, 3.05) is 7.05 Å². The molecule has 0 amide bonds. The van der Waals surface area contributed by atoms with Crippen LogP contribution in [0.3, 0.4) is 0 Å². The highest BCUT2D eigenvalue weighted by Crippen LogP contribution is 2.28. The minimum Gasteiger partial charge on any atom is -0.309 e. The van der Waals surface area contributed by atoms with Crippen molar-refractivity contribution >= 4 is 11.6 Å². The second-order valence-electron chi connectivity index (χ2n) is 4.03. The number of nitrogens with zero attached hydrogens (tertiary/aromatic N) is 1. The van der Waals surface area contributed by atoms with Gasteiger partial charge >= 0.3 is 0 Å². The van der Waals surface area contributed by atoms with Gasteiger partial charge in [-0.1, -0.05) is 29.8 Å². The van der Waals surface area contributed by atoms with Crippen LogP contribution in [-0.2, 0) is 0 Å². The van der Waals surface area contributed by atoms with Gasteiger partial charge in [0.25, 0.3) is 0 Å². The van der Waals surface area contributed by atoms with Crippen LogP contribution in [-0.4, -0.2) is 12.0 Å². The van der Waals surface area contributed by atoms with Crippen molar-refractivity contribution < 1.29 is 0 Å². The van der Waals surface area contributed by atoms with Gasteiger partial charge in [0, 0.05) is 17.4 Å². The number of aromatic nitrogens is 1. The van der Waals surface area contributed by atoms with Gasteiger partial charge in [-0.25, -0.2) is 0 Å². The predicted molar refractivity (Wildman–Crippen MR) is 71.3 cm³/mol. The lowest BCUT2D eigenvalue weighted by Gasteiger charge is -2.18. The largest absolute Gasteiger partial charge is 0.309 e. The first-order valence-corrected chi connectivity index (χ1v) is 5.93. The Hall–Kier alpha value is -1.38. The third-order valence-electron chi connectivity index (χ3n) is 2.77. The summed E-state index contributed by atoms with van der Waals surface area (Å²) in [7, 11) is 1.92. The van der Waals surface area contributed by atoms with Crippen molar-refractivity contribution in [2.45, 2.75) is 13.0 Å². The Bertz CT molecular complexity index is 497. The van der Waals surface area contributed by atoms with Gasteiger partial charge in [-0.05, 0) is 42.8 Å². The van der Waals surface area contributed by atoms with Gasteiger partial charge in [0.05, 0.1) is 6.04 Å². The minimum atomic E-state index is 0.0804. The van der Waals surface area contributed by atoms with Gasteiger partial charge in [0.15, 0.2) is 0 Å². The zero-order chi connectivity index (χ0) is 12.3. The molecule has 88 valence electrons. The van der Waals surface area contributed by atoms with E-state index < -0.39 is 0 Å². The molecular formula is C14H15ClN2. The van der Waals surface area contributed by atoms with Gasteiger partial charge in [0.2, 0.25) is 0 Å². The molecule has 2 aromatic rings. The molecule has 1 aromatic heterocycles. The van der Waals surface area contributed by atoms with Gasteiger partial charge in [-0.15, -0.1) is 0 Å². The molecule has 1 atom stereocenters. The molecule has 2 nitrogen and oxygen atoms in total. The highest BCUT2D eigenvalue weighted by Gasteiger charge is 2.14. The van der Waals surface area contributed by atoms with E-state index >= 15 is 0 Å². The van der Waals surface area contributed by atoms with E-state index in [4.69, 9.17) is 11.6 Å². The van der Waals surface area contributed by atoms with Gasteiger partial charge in [0.1, 0.15) is 0 Å². The molecule has 0 saturated heterocycles. The van der Waals surface area contributed by atoms with Gasteiger partial charge < -0.3 is 5.32 Å². The lowest BCUT2D eigenvalue weighted by atomic mass is 9.99. The topological polar surface area (TPSA) is 24.9 Å². The standard InChI is InChI=1S/C14H15ClN2/c1-10-5-6-12(13(15)8-10)14(16-2)11-4-3-7-17-9-11/h3-9,14,16H,1-2H3. The molecule has 1 aromatic carbocycles. The van der Waals surface area contributed by atoms with Crippen molar-refractivity contribution in [3.05, 3.63) is 64.4 Å². The molecule has 0 aliphatic rings. The zero-order valence-corrected chi connectivity index (χ0v) is 10.7. The second kappa shape index (κ2) is 5.30. The number of benzene rings is 1. The van der Waals surface area contributed by atoms with Crippen LogP contribution < -0.4 is 5.32 Å². The summed E-state index contributed by atoms with van der Waals surface area (Å²) in [5, 5.41) is 4.06. The smallest absolute Gasteiger partial charge is 0.0604 e. The Balaban J connectivity index is 2.42. The molecule has 17 heavy (non-hydrogen) atoms. The van der Waals surface area contributed by atoms with Crippen molar-refractivity contribution in [2.24, 2.45) is 0 Å². The lowest BCUT2D eigenvalue weighted by molar-refractivity contribution is 0.689. The van der Waals surface area contributed by atoms with Crippen LogP contribution in [0, 0.1) is 6.92 Å². The van der Waals surface area contributed by atoms with E-state index in [1.807, 2.05) is 38.4 Å². The molecular weight excluding hydrogens is 232 g/mol. The Morgan fingerprint density at radius 2 is 2.12 bits per heavy atom. The minimum absolute atomic E-state index is 0.0804. The van der Waals surface area contributed by atoms with Gasteiger partial charge in [-0.3, -0.25) is 4.98 Å². The molecule has 0 bridgehead atoms. The van der Waals surface area contributed by atoms with Crippen LogP contribution >= 0.6 is 11.6 Å². The molecule has 1 N–H and O–H groups in total. The molecule has 1 unspecified atom stereocenters. The fourth-order valence-corrected chi connectivity index (χ4v) is 2.26. The summed E-state index contributed by atoms with van der Waals surface area (Å²) in [6, 6.07) is 10.2. The monoisotopic (exact) mass is 246 g/mol. The van der Waals surface area contributed by atoms with Crippen LogP contribution in [0.1, 0.15) is 22.7 Å². The molecule has 0 aliphatic heterocycles. The number of halogens is 1. The highest BCUT2D eigenvalue weighted by atomic mass is 35.5. The number of hydrogen-bond acceptors (Lipinski definition) is 2. The van der Waals surface area contributed by atoms with Crippen molar-refractivity contribution in [3.8, 4) is 0 Å². The van der Waals surface area contributed by atoms with Crippen LogP contribution in [0.5, 0.6) is 0 Å². The summed E-state index contributed by atoms with van der Waals surface area (Å²) in [6.07, 6.45) is 3.63. The number of nitrogens with one attached hydrogen (secondary N) is 1. The number of hydrogen-bond donors (Lipinski definition) is 1. The van der Waals surface area contributed by atoms with Crippen LogP contribution in [0.2, 0.25) is 5.02 Å². The van der Waals surface area contributed by atoms with Crippen LogP contribution in [0.15, 0.2) is 42.7 Å². The Kier molecular flexibility index (Phi) is 3.77. The van der Waals surface area contributed by atoms with E-state index in [0.717, 1.165) is 16.1 Å². The van der Waals surface area contributed by atoms with E-state index in [-0.39, 0.29) is 6.04 Å². The van der Waals surface area contributed by atoms with E-state index in [1.54, 1.807) is 6.20 Å². The first kappa shape index (κ1) is 12.1. The first-order chi connectivity index (χ1) is 8.22. The fourth-order valence-electron chi connectivity index (χ4n) is 1.91. The summed E-state index contributed by atoms with van der Waals surface area (Å²) in [4.78, 5) is 4.14. The Morgan fingerprint density at radius 3 is 2.71 bits per heavy atom. The Labute approximate surface area is 107 Å². The predicted octanol–water partition coefficient (Wildman–Crippen LogP) is 3.35. The summed E-state index contributed by atoms with van der Waals surface area (Å²) in [5.74, 6) is 0. The van der Waals surface area contributed by atoms with Crippen molar-refractivity contribution in [3.63, 3.8) is 0 Å². The molecule has 0 fully saturated rings. The fraction of sp³-hybridized carbons (Fsp3) is 0.214. The third-order valence-corrected chi connectivity index (χ3v) is 3.10.